The third-order valence-corrected chi connectivity index (χ3v) is 5.91. The van der Waals surface area contributed by atoms with Gasteiger partial charge in [0.25, 0.3) is 0 Å². The molecule has 0 spiro atoms. The molecule has 9 heteroatoms. The molecule has 0 aliphatic rings. The second-order valence-electron chi connectivity index (χ2n) is 6.03. The van der Waals surface area contributed by atoms with Crippen molar-refractivity contribution in [3.05, 3.63) is 58.5 Å². The molecule has 0 bridgehead atoms. The second-order valence-corrected chi connectivity index (χ2v) is 10.5. The van der Waals surface area contributed by atoms with Gasteiger partial charge in [0.05, 0.1) is 5.75 Å². The van der Waals surface area contributed by atoms with Crippen LogP contribution in [0.5, 0.6) is 0 Å². The smallest absolute Gasteiger partial charge is 0.171 e. The van der Waals surface area contributed by atoms with Crippen molar-refractivity contribution in [3.63, 3.8) is 0 Å². The van der Waals surface area contributed by atoms with Crippen molar-refractivity contribution >= 4 is 19.7 Å². The summed E-state index contributed by atoms with van der Waals surface area (Å²) in [5, 5.41) is 2.96. The van der Waals surface area contributed by atoms with Crippen LogP contribution < -0.4 is 5.32 Å². The Hall–Kier alpha value is -1.87. The number of hydrogen-bond donors (Lipinski definition) is 1. The molecule has 0 saturated carbocycles. The molecule has 0 fully saturated rings. The van der Waals surface area contributed by atoms with Gasteiger partial charge in [-0.1, -0.05) is 12.1 Å². The molecule has 1 aromatic carbocycles. The Kier molecular flexibility index (Phi) is 7.83. The predicted octanol–water partition coefficient (Wildman–Crippen LogP) is 1.68. The maximum atomic E-state index is 13.1. The summed E-state index contributed by atoms with van der Waals surface area (Å²) in [6.07, 6.45) is 5.31. The molecular formula is C17H25FN2O4S2. The molecule has 1 aromatic rings. The summed E-state index contributed by atoms with van der Waals surface area (Å²) in [6.45, 7) is 2.03. The highest BCUT2D eigenvalue weighted by Crippen LogP contribution is 2.12. The van der Waals surface area contributed by atoms with Crippen molar-refractivity contribution in [1.29, 1.82) is 0 Å². The molecule has 6 nitrogen and oxygen atoms in total. The Morgan fingerprint density at radius 3 is 2.15 bits per heavy atom. The number of rotatable bonds is 9. The van der Waals surface area contributed by atoms with Crippen LogP contribution in [0.4, 0.5) is 4.39 Å². The van der Waals surface area contributed by atoms with Crippen molar-refractivity contribution in [2.45, 2.75) is 13.5 Å². The molecule has 0 aromatic heterocycles. The van der Waals surface area contributed by atoms with Crippen molar-refractivity contribution in [2.24, 2.45) is 0 Å². The molecule has 26 heavy (non-hydrogen) atoms. The van der Waals surface area contributed by atoms with Gasteiger partial charge < -0.3 is 10.2 Å². The molecular weight excluding hydrogens is 379 g/mol. The average molecular weight is 405 g/mol. The molecule has 0 heterocycles. The molecule has 0 aliphatic heterocycles. The quantitative estimate of drug-likeness (QED) is 0.631. The Balaban J connectivity index is 3.15. The second kappa shape index (κ2) is 9.18. The first kappa shape index (κ1) is 22.2. The summed E-state index contributed by atoms with van der Waals surface area (Å²) in [5.74, 6) is 0.135. The topological polar surface area (TPSA) is 83.6 Å². The van der Waals surface area contributed by atoms with E-state index in [9.17, 15) is 21.2 Å². The van der Waals surface area contributed by atoms with Crippen molar-refractivity contribution in [3.8, 4) is 0 Å². The summed E-state index contributed by atoms with van der Waals surface area (Å²) in [7, 11) is -4.82. The number of hydrogen-bond acceptors (Lipinski definition) is 6. The van der Waals surface area contributed by atoms with E-state index in [1.807, 2.05) is 0 Å². The Bertz CT molecular complexity index is 874. The number of nitrogens with one attached hydrogen (secondary N) is 1. The average Bonchev–Trinajstić information content (AvgIpc) is 2.52. The maximum absolute atomic E-state index is 13.1. The van der Waals surface area contributed by atoms with Crippen LogP contribution in [0, 0.1) is 5.82 Å². The fourth-order valence-electron chi connectivity index (χ4n) is 2.04. The fraction of sp³-hybridized carbons (Fsp3) is 0.412. The molecule has 0 saturated heterocycles. The van der Waals surface area contributed by atoms with Crippen LogP contribution in [0.15, 0.2) is 47.1 Å². The zero-order valence-corrected chi connectivity index (χ0v) is 17.0. The minimum Gasteiger partial charge on any atom is -0.375 e. The van der Waals surface area contributed by atoms with E-state index in [4.69, 9.17) is 0 Å². The van der Waals surface area contributed by atoms with Gasteiger partial charge >= 0.3 is 0 Å². The number of nitrogens with zero attached hydrogens (tertiary/aromatic N) is 1. The molecule has 146 valence electrons. The van der Waals surface area contributed by atoms with Gasteiger partial charge in [0.2, 0.25) is 0 Å². The third-order valence-electron chi connectivity index (χ3n) is 3.68. The van der Waals surface area contributed by atoms with Crippen LogP contribution in [0.1, 0.15) is 12.5 Å². The van der Waals surface area contributed by atoms with Crippen LogP contribution in [0.3, 0.4) is 0 Å². The lowest BCUT2D eigenvalue weighted by atomic mass is 10.2. The van der Waals surface area contributed by atoms with E-state index in [2.05, 4.69) is 5.32 Å². The highest BCUT2D eigenvalue weighted by molar-refractivity contribution is 7.94. The largest absolute Gasteiger partial charge is 0.375 e. The van der Waals surface area contributed by atoms with Gasteiger partial charge in [-0.25, -0.2) is 21.2 Å². The van der Waals surface area contributed by atoms with Crippen LogP contribution >= 0.6 is 0 Å². The van der Waals surface area contributed by atoms with Gasteiger partial charge in [-0.2, -0.15) is 0 Å². The number of allylic oxidation sites excluding steroid dienone is 3. The highest BCUT2D eigenvalue weighted by atomic mass is 32.2. The minimum atomic E-state index is -3.30. The summed E-state index contributed by atoms with van der Waals surface area (Å²) in [4.78, 5) is 1.95. The summed E-state index contributed by atoms with van der Waals surface area (Å²) < 4.78 is 59.2. The zero-order valence-electron chi connectivity index (χ0n) is 15.4. The van der Waals surface area contributed by atoms with Crippen LogP contribution in [-0.2, 0) is 26.2 Å². The van der Waals surface area contributed by atoms with Crippen molar-refractivity contribution in [1.82, 2.24) is 10.2 Å². The van der Waals surface area contributed by atoms with Gasteiger partial charge in [-0.3, -0.25) is 0 Å². The van der Waals surface area contributed by atoms with E-state index in [1.165, 1.54) is 25.1 Å². The van der Waals surface area contributed by atoms with Crippen LogP contribution in [0.2, 0.25) is 0 Å². The summed E-state index contributed by atoms with van der Waals surface area (Å²) in [6, 6.07) is 5.91. The molecule has 0 radical (unpaired) electrons. The fourth-order valence-corrected chi connectivity index (χ4v) is 2.90. The number of benzene rings is 1. The van der Waals surface area contributed by atoms with E-state index >= 15 is 0 Å². The van der Waals surface area contributed by atoms with E-state index in [0.717, 1.165) is 18.1 Å². The Morgan fingerprint density at radius 2 is 1.69 bits per heavy atom. The van der Waals surface area contributed by atoms with Crippen LogP contribution in [0.25, 0.3) is 0 Å². The van der Waals surface area contributed by atoms with E-state index in [1.54, 1.807) is 30.2 Å². The molecule has 0 amide bonds. The lowest BCUT2D eigenvalue weighted by Crippen LogP contribution is -2.33. The van der Waals surface area contributed by atoms with E-state index < -0.39 is 19.7 Å². The Morgan fingerprint density at radius 1 is 1.12 bits per heavy atom. The van der Waals surface area contributed by atoms with Gasteiger partial charge in [0, 0.05) is 37.6 Å². The van der Waals surface area contributed by atoms with E-state index in [-0.39, 0.29) is 23.0 Å². The molecule has 0 unspecified atom stereocenters. The van der Waals surface area contributed by atoms with Gasteiger partial charge in [-0.05, 0) is 36.8 Å². The van der Waals surface area contributed by atoms with Crippen LogP contribution in [-0.4, -0.2) is 53.6 Å². The molecule has 1 rings (SSSR count). The molecule has 0 aliphatic carbocycles. The Labute approximate surface area is 155 Å². The maximum Gasteiger partial charge on any atom is 0.171 e. The van der Waals surface area contributed by atoms with Gasteiger partial charge in [-0.15, -0.1) is 0 Å². The van der Waals surface area contributed by atoms with Gasteiger partial charge in [0.1, 0.15) is 21.5 Å². The molecule has 0 atom stereocenters. The number of sulfone groups is 2. The number of halogens is 1. The first-order chi connectivity index (χ1) is 11.9. The first-order valence-electron chi connectivity index (χ1n) is 7.86. The normalized spacial score (nSPS) is 13.6. The van der Waals surface area contributed by atoms with E-state index in [0.29, 0.717) is 12.4 Å². The standard InChI is InChI=1S/C17H25FN2O4S2/c1-14(26(4,23)24)5-10-17(19-2)20(11-12-25(3,21)22)13-15-6-8-16(18)9-7-15/h5-10,19H,11-13H2,1-4H3/b14-5+,17-10+. The first-order valence-corrected chi connectivity index (χ1v) is 11.8. The van der Waals surface area contributed by atoms with Crippen molar-refractivity contribution in [2.75, 3.05) is 31.9 Å². The lowest BCUT2D eigenvalue weighted by molar-refractivity contribution is 0.335. The third kappa shape index (κ3) is 8.01. The SMILES string of the molecule is CN/C(=C\C=C(/C)S(C)(=O)=O)N(CCS(C)(=O)=O)Cc1ccc(F)cc1. The minimum absolute atomic E-state index is 0.0675. The van der Waals surface area contributed by atoms with Crippen molar-refractivity contribution < 1.29 is 21.2 Å². The highest BCUT2D eigenvalue weighted by Gasteiger charge is 2.13. The summed E-state index contributed by atoms with van der Waals surface area (Å²) >= 11 is 0. The zero-order chi connectivity index (χ0) is 20.0. The van der Waals surface area contributed by atoms with Gasteiger partial charge in [0.15, 0.2) is 9.84 Å². The predicted molar refractivity (Wildman–Crippen MR) is 102 cm³/mol. The molecule has 1 N–H and O–H groups in total. The lowest BCUT2D eigenvalue weighted by Gasteiger charge is -2.27. The summed E-state index contributed by atoms with van der Waals surface area (Å²) in [5.41, 5.74) is 0.796. The monoisotopic (exact) mass is 404 g/mol.